The molecular formula is C10H7BrN2. The third kappa shape index (κ3) is 2.82. The Balaban J connectivity index is 2.91. The molecule has 0 saturated carbocycles. The Morgan fingerprint density at radius 2 is 2.23 bits per heavy atom. The van der Waals surface area contributed by atoms with E-state index in [9.17, 15) is 0 Å². The first-order chi connectivity index (χ1) is 6.26. The van der Waals surface area contributed by atoms with Crippen LogP contribution in [0.5, 0.6) is 0 Å². The predicted molar refractivity (Wildman–Crippen MR) is 56.2 cm³/mol. The number of anilines is 1. The van der Waals surface area contributed by atoms with Crippen molar-refractivity contribution in [3.05, 3.63) is 28.2 Å². The van der Waals surface area contributed by atoms with Gasteiger partial charge >= 0.3 is 0 Å². The lowest BCUT2D eigenvalue weighted by molar-refractivity contribution is 1.36. The van der Waals surface area contributed by atoms with E-state index in [1.165, 1.54) is 0 Å². The van der Waals surface area contributed by atoms with E-state index in [2.05, 4.69) is 33.2 Å². The topological polar surface area (TPSA) is 35.8 Å². The maximum Gasteiger partial charge on any atom is 0.0992 e. The molecule has 0 amide bonds. The molecule has 0 bridgehead atoms. The van der Waals surface area contributed by atoms with E-state index in [1.54, 1.807) is 12.1 Å². The van der Waals surface area contributed by atoms with Crippen LogP contribution in [-0.4, -0.2) is 6.54 Å². The van der Waals surface area contributed by atoms with Gasteiger partial charge in [0.25, 0.3) is 0 Å². The highest BCUT2D eigenvalue weighted by Gasteiger charge is 1.96. The van der Waals surface area contributed by atoms with Crippen LogP contribution in [0.2, 0.25) is 0 Å². The maximum atomic E-state index is 8.67. The highest BCUT2D eigenvalue weighted by atomic mass is 79.9. The normalized spacial score (nSPS) is 8.54. The Hall–Kier alpha value is -1.45. The zero-order valence-corrected chi connectivity index (χ0v) is 8.43. The van der Waals surface area contributed by atoms with Gasteiger partial charge in [0.15, 0.2) is 0 Å². The summed E-state index contributed by atoms with van der Waals surface area (Å²) in [5.41, 5.74) is 1.46. The van der Waals surface area contributed by atoms with Crippen molar-refractivity contribution in [2.24, 2.45) is 0 Å². The van der Waals surface area contributed by atoms with Gasteiger partial charge in [0.2, 0.25) is 0 Å². The molecule has 64 valence electrons. The van der Waals surface area contributed by atoms with Gasteiger partial charge < -0.3 is 5.32 Å². The molecule has 0 aromatic heterocycles. The summed E-state index contributed by atoms with van der Waals surface area (Å²) >= 11 is 3.30. The molecule has 0 aliphatic rings. The van der Waals surface area contributed by atoms with E-state index in [1.807, 2.05) is 6.07 Å². The molecule has 13 heavy (non-hydrogen) atoms. The second-order valence-corrected chi connectivity index (χ2v) is 3.31. The number of benzene rings is 1. The summed E-state index contributed by atoms with van der Waals surface area (Å²) in [5, 5.41) is 11.7. The quantitative estimate of drug-likeness (QED) is 0.798. The summed E-state index contributed by atoms with van der Waals surface area (Å²) < 4.78 is 0.867. The Bertz CT molecular complexity index is 385. The molecule has 0 unspecified atom stereocenters. The minimum atomic E-state index is 0.460. The fourth-order valence-electron chi connectivity index (χ4n) is 0.909. The molecule has 1 aromatic rings. The van der Waals surface area contributed by atoms with Gasteiger partial charge in [-0.25, -0.2) is 0 Å². The lowest BCUT2D eigenvalue weighted by Crippen LogP contribution is -1.98. The van der Waals surface area contributed by atoms with Crippen LogP contribution in [-0.2, 0) is 0 Å². The van der Waals surface area contributed by atoms with E-state index in [-0.39, 0.29) is 0 Å². The van der Waals surface area contributed by atoms with Gasteiger partial charge in [-0.1, -0.05) is 21.9 Å². The molecular weight excluding hydrogens is 228 g/mol. The fourth-order valence-corrected chi connectivity index (χ4v) is 1.40. The van der Waals surface area contributed by atoms with Gasteiger partial charge in [-0.2, -0.15) is 5.26 Å². The summed E-state index contributed by atoms with van der Waals surface area (Å²) in [7, 11) is 0. The van der Waals surface area contributed by atoms with Crippen molar-refractivity contribution in [1.29, 1.82) is 5.26 Å². The molecule has 2 nitrogen and oxygen atoms in total. The number of nitrogens with one attached hydrogen (secondary N) is 1. The number of nitriles is 1. The van der Waals surface area contributed by atoms with E-state index in [0.717, 1.165) is 10.2 Å². The van der Waals surface area contributed by atoms with Crippen LogP contribution in [0.3, 0.4) is 0 Å². The zero-order valence-electron chi connectivity index (χ0n) is 6.84. The summed E-state index contributed by atoms with van der Waals surface area (Å²) in [6, 6.07) is 7.44. The van der Waals surface area contributed by atoms with Crippen molar-refractivity contribution >= 4 is 21.6 Å². The summed E-state index contributed by atoms with van der Waals surface area (Å²) in [5.74, 6) is 2.46. The third-order valence-electron chi connectivity index (χ3n) is 1.42. The van der Waals surface area contributed by atoms with Crippen molar-refractivity contribution in [3.8, 4) is 18.4 Å². The van der Waals surface area contributed by atoms with Crippen LogP contribution in [0.4, 0.5) is 5.69 Å². The van der Waals surface area contributed by atoms with Crippen molar-refractivity contribution in [1.82, 2.24) is 0 Å². The van der Waals surface area contributed by atoms with E-state index < -0.39 is 0 Å². The van der Waals surface area contributed by atoms with Gasteiger partial charge in [-0.05, 0) is 18.2 Å². The summed E-state index contributed by atoms with van der Waals surface area (Å²) in [6.45, 7) is 0.460. The highest BCUT2D eigenvalue weighted by molar-refractivity contribution is 9.10. The monoisotopic (exact) mass is 234 g/mol. The minimum absolute atomic E-state index is 0.460. The van der Waals surface area contributed by atoms with Crippen molar-refractivity contribution in [2.75, 3.05) is 11.9 Å². The first kappa shape index (κ1) is 9.64. The van der Waals surface area contributed by atoms with Crippen LogP contribution in [0, 0.1) is 23.7 Å². The van der Waals surface area contributed by atoms with Gasteiger partial charge in [-0.15, -0.1) is 6.42 Å². The first-order valence-corrected chi connectivity index (χ1v) is 4.43. The Kier molecular flexibility index (Phi) is 3.37. The van der Waals surface area contributed by atoms with Crippen molar-refractivity contribution < 1.29 is 0 Å². The smallest absolute Gasteiger partial charge is 0.0992 e. The number of nitrogens with zero attached hydrogens (tertiary/aromatic N) is 1. The number of rotatable bonds is 2. The SMILES string of the molecule is C#CCNc1cc(Br)cc(C#N)c1. The summed E-state index contributed by atoms with van der Waals surface area (Å²) in [4.78, 5) is 0. The van der Waals surface area contributed by atoms with Gasteiger partial charge in [-0.3, -0.25) is 0 Å². The maximum absolute atomic E-state index is 8.67. The average molecular weight is 235 g/mol. The number of hydrogen-bond donors (Lipinski definition) is 1. The molecule has 0 radical (unpaired) electrons. The standard InChI is InChI=1S/C10H7BrN2/c1-2-3-13-10-5-8(7-12)4-9(11)6-10/h1,4-6,13H,3H2. The Morgan fingerprint density at radius 1 is 1.46 bits per heavy atom. The lowest BCUT2D eigenvalue weighted by Gasteiger charge is -2.03. The van der Waals surface area contributed by atoms with Crippen molar-refractivity contribution in [2.45, 2.75) is 0 Å². The average Bonchev–Trinajstić information content (AvgIpc) is 2.14. The summed E-state index contributed by atoms with van der Waals surface area (Å²) in [6.07, 6.45) is 5.10. The number of terminal acetylenes is 1. The van der Waals surface area contributed by atoms with Gasteiger partial charge in [0.1, 0.15) is 0 Å². The molecule has 1 aromatic carbocycles. The molecule has 0 spiro atoms. The van der Waals surface area contributed by atoms with E-state index >= 15 is 0 Å². The van der Waals surface area contributed by atoms with Gasteiger partial charge in [0, 0.05) is 10.2 Å². The first-order valence-electron chi connectivity index (χ1n) is 3.64. The molecule has 0 aliphatic heterocycles. The van der Waals surface area contributed by atoms with Crippen LogP contribution in [0.15, 0.2) is 22.7 Å². The predicted octanol–water partition coefficient (Wildman–Crippen LogP) is 2.37. The minimum Gasteiger partial charge on any atom is -0.374 e. The van der Waals surface area contributed by atoms with E-state index in [0.29, 0.717) is 12.1 Å². The Labute approximate surface area is 85.7 Å². The molecule has 0 aliphatic carbocycles. The highest BCUT2D eigenvalue weighted by Crippen LogP contribution is 2.18. The molecule has 3 heteroatoms. The van der Waals surface area contributed by atoms with Crippen LogP contribution in [0.1, 0.15) is 5.56 Å². The lowest BCUT2D eigenvalue weighted by atomic mass is 10.2. The molecule has 1 rings (SSSR count). The van der Waals surface area contributed by atoms with Crippen LogP contribution >= 0.6 is 15.9 Å². The van der Waals surface area contributed by atoms with Gasteiger partial charge in [0.05, 0.1) is 18.2 Å². The van der Waals surface area contributed by atoms with Crippen LogP contribution < -0.4 is 5.32 Å². The molecule has 1 N–H and O–H groups in total. The Morgan fingerprint density at radius 3 is 2.85 bits per heavy atom. The third-order valence-corrected chi connectivity index (χ3v) is 1.88. The van der Waals surface area contributed by atoms with Crippen LogP contribution in [0.25, 0.3) is 0 Å². The largest absolute Gasteiger partial charge is 0.374 e. The molecule has 0 saturated heterocycles. The number of hydrogen-bond acceptors (Lipinski definition) is 2. The van der Waals surface area contributed by atoms with Crippen molar-refractivity contribution in [3.63, 3.8) is 0 Å². The number of halogens is 1. The zero-order chi connectivity index (χ0) is 9.68. The molecule has 0 heterocycles. The molecule has 0 fully saturated rings. The second-order valence-electron chi connectivity index (χ2n) is 2.40. The second kappa shape index (κ2) is 4.54. The fraction of sp³-hybridized carbons (Fsp3) is 0.100. The van der Waals surface area contributed by atoms with E-state index in [4.69, 9.17) is 11.7 Å². The molecule has 0 atom stereocenters.